The Hall–Kier alpha value is -4.69. The van der Waals surface area contributed by atoms with Gasteiger partial charge in [-0.15, -0.1) is 11.3 Å². The van der Waals surface area contributed by atoms with Gasteiger partial charge in [0.05, 0.1) is 22.3 Å². The number of fused-ring (bicyclic) bond motifs is 2. The van der Waals surface area contributed by atoms with Gasteiger partial charge in [-0.25, -0.2) is 4.98 Å². The highest BCUT2D eigenvalue weighted by Gasteiger charge is 2.21. The number of amides is 2. The average molecular weight is 508 g/mol. The number of carbonyl (C=O) groups is 2. The minimum absolute atomic E-state index is 0.173. The molecule has 7 nitrogen and oxygen atoms in total. The number of nitrogens with zero attached hydrogens (tertiary/aromatic N) is 1. The smallest absolute Gasteiger partial charge is 0.257 e. The molecule has 0 unspecified atom stereocenters. The number of thiophene rings is 1. The largest absolute Gasteiger partial charge is 0.454 e. The SMILES string of the molecule is NC(=O)c1cc(Cc2ccccc2)sc1NC(=O)c1cc(-c2ccc3c(c2)OCO3)nc2ccccc12. The number of aromatic nitrogens is 1. The van der Waals surface area contributed by atoms with Crippen LogP contribution in [-0.4, -0.2) is 23.6 Å². The van der Waals surface area contributed by atoms with E-state index < -0.39 is 5.91 Å². The van der Waals surface area contributed by atoms with Crippen molar-refractivity contribution in [1.29, 1.82) is 0 Å². The van der Waals surface area contributed by atoms with Crippen molar-refractivity contribution in [1.82, 2.24) is 4.98 Å². The summed E-state index contributed by atoms with van der Waals surface area (Å²) in [5.74, 6) is 0.363. The number of ether oxygens (including phenoxy) is 2. The number of rotatable bonds is 6. The zero-order valence-electron chi connectivity index (χ0n) is 19.6. The van der Waals surface area contributed by atoms with Gasteiger partial charge in [0, 0.05) is 22.2 Å². The number of para-hydroxylation sites is 1. The second-order valence-corrected chi connectivity index (χ2v) is 9.71. The first-order valence-corrected chi connectivity index (χ1v) is 12.4. The van der Waals surface area contributed by atoms with Crippen molar-refractivity contribution in [3.05, 3.63) is 106 Å². The lowest BCUT2D eigenvalue weighted by Gasteiger charge is -2.11. The van der Waals surface area contributed by atoms with Crippen molar-refractivity contribution in [3.63, 3.8) is 0 Å². The van der Waals surface area contributed by atoms with E-state index in [0.717, 1.165) is 16.0 Å². The molecule has 0 aliphatic carbocycles. The molecule has 3 heterocycles. The molecule has 2 amide bonds. The normalized spacial score (nSPS) is 12.0. The van der Waals surface area contributed by atoms with E-state index in [1.807, 2.05) is 72.8 Å². The summed E-state index contributed by atoms with van der Waals surface area (Å²) in [7, 11) is 0. The van der Waals surface area contributed by atoms with E-state index in [4.69, 9.17) is 20.2 Å². The van der Waals surface area contributed by atoms with E-state index >= 15 is 0 Å². The van der Waals surface area contributed by atoms with Crippen LogP contribution >= 0.6 is 11.3 Å². The predicted octanol–water partition coefficient (Wildman–Crippen LogP) is 5.63. The van der Waals surface area contributed by atoms with E-state index in [2.05, 4.69) is 5.32 Å². The fourth-order valence-corrected chi connectivity index (χ4v) is 5.43. The number of carbonyl (C=O) groups excluding carboxylic acids is 2. The van der Waals surface area contributed by atoms with E-state index in [0.29, 0.717) is 50.6 Å². The van der Waals surface area contributed by atoms with Crippen LogP contribution in [0.25, 0.3) is 22.2 Å². The minimum atomic E-state index is -0.591. The maximum absolute atomic E-state index is 13.6. The molecule has 1 aliphatic rings. The lowest BCUT2D eigenvalue weighted by Crippen LogP contribution is -2.17. The van der Waals surface area contributed by atoms with Crippen LogP contribution in [0.1, 0.15) is 31.2 Å². The molecular weight excluding hydrogens is 486 g/mol. The third kappa shape index (κ3) is 4.50. The summed E-state index contributed by atoms with van der Waals surface area (Å²) < 4.78 is 10.9. The number of nitrogens with two attached hydrogens (primary N) is 1. The van der Waals surface area contributed by atoms with Gasteiger partial charge in [0.15, 0.2) is 11.5 Å². The summed E-state index contributed by atoms with van der Waals surface area (Å²) in [6.45, 7) is 0.173. The van der Waals surface area contributed by atoms with Crippen LogP contribution in [-0.2, 0) is 6.42 Å². The molecule has 1 aliphatic heterocycles. The Kier molecular flexibility index (Phi) is 5.78. The zero-order valence-corrected chi connectivity index (χ0v) is 20.4. The quantitative estimate of drug-likeness (QED) is 0.310. The van der Waals surface area contributed by atoms with Gasteiger partial charge < -0.3 is 20.5 Å². The molecular formula is C29H21N3O4S. The molecule has 0 atom stereocenters. The van der Waals surface area contributed by atoms with Gasteiger partial charge >= 0.3 is 0 Å². The lowest BCUT2D eigenvalue weighted by molar-refractivity contribution is 0.100. The van der Waals surface area contributed by atoms with Crippen LogP contribution in [0.4, 0.5) is 5.00 Å². The molecule has 0 spiro atoms. The van der Waals surface area contributed by atoms with Crippen LogP contribution < -0.4 is 20.5 Å². The first-order chi connectivity index (χ1) is 18.0. The third-order valence-corrected chi connectivity index (χ3v) is 7.18. The van der Waals surface area contributed by atoms with Crippen molar-refractivity contribution in [2.75, 3.05) is 12.1 Å². The molecule has 182 valence electrons. The van der Waals surface area contributed by atoms with Crippen LogP contribution in [0, 0.1) is 0 Å². The van der Waals surface area contributed by atoms with E-state index in [1.54, 1.807) is 12.1 Å². The van der Waals surface area contributed by atoms with Crippen LogP contribution in [0.2, 0.25) is 0 Å². The second kappa shape index (κ2) is 9.40. The highest BCUT2D eigenvalue weighted by atomic mass is 32.1. The number of nitrogens with one attached hydrogen (secondary N) is 1. The summed E-state index contributed by atoms with van der Waals surface area (Å²) in [4.78, 5) is 31.5. The van der Waals surface area contributed by atoms with Crippen molar-refractivity contribution in [2.45, 2.75) is 6.42 Å². The van der Waals surface area contributed by atoms with Crippen molar-refractivity contribution < 1.29 is 19.1 Å². The van der Waals surface area contributed by atoms with Crippen LogP contribution in [0.3, 0.4) is 0 Å². The maximum atomic E-state index is 13.6. The van der Waals surface area contributed by atoms with Gasteiger partial charge in [0.1, 0.15) is 5.00 Å². The monoisotopic (exact) mass is 507 g/mol. The van der Waals surface area contributed by atoms with E-state index in [-0.39, 0.29) is 12.7 Å². The first-order valence-electron chi connectivity index (χ1n) is 11.6. The van der Waals surface area contributed by atoms with E-state index in [9.17, 15) is 9.59 Å². The Morgan fingerprint density at radius 3 is 2.51 bits per heavy atom. The molecule has 5 aromatic rings. The molecule has 6 rings (SSSR count). The Morgan fingerprint density at radius 1 is 0.892 bits per heavy atom. The molecule has 3 aromatic carbocycles. The summed E-state index contributed by atoms with van der Waals surface area (Å²) in [6, 6.07) is 26.4. The van der Waals surface area contributed by atoms with Gasteiger partial charge in [-0.05, 0) is 42.0 Å². The molecule has 0 radical (unpaired) electrons. The molecule has 0 bridgehead atoms. The zero-order chi connectivity index (χ0) is 25.4. The Balaban J connectivity index is 1.37. The molecule has 0 saturated carbocycles. The average Bonchev–Trinajstić information content (AvgIpc) is 3.55. The highest BCUT2D eigenvalue weighted by molar-refractivity contribution is 7.16. The summed E-state index contributed by atoms with van der Waals surface area (Å²) in [6.07, 6.45) is 0.633. The summed E-state index contributed by atoms with van der Waals surface area (Å²) >= 11 is 1.35. The van der Waals surface area contributed by atoms with Crippen LogP contribution in [0.5, 0.6) is 11.5 Å². The standard InChI is InChI=1S/C29H21N3O4S/c30-27(33)22-14-19(12-17-6-2-1-3-7-17)37-29(22)32-28(34)21-15-24(31-23-9-5-4-8-20(21)23)18-10-11-25-26(13-18)36-16-35-25/h1-11,13-15H,12,16H2,(H2,30,33)(H,32,34). The first kappa shape index (κ1) is 22.8. The fourth-order valence-electron chi connectivity index (χ4n) is 4.34. The minimum Gasteiger partial charge on any atom is -0.454 e. The van der Waals surface area contributed by atoms with Crippen molar-refractivity contribution >= 4 is 39.1 Å². The predicted molar refractivity (Wildman–Crippen MR) is 143 cm³/mol. The molecule has 8 heteroatoms. The number of pyridine rings is 1. The molecule has 0 saturated heterocycles. The van der Waals surface area contributed by atoms with Crippen molar-refractivity contribution in [2.24, 2.45) is 5.73 Å². The Labute approximate surface area is 216 Å². The van der Waals surface area contributed by atoms with Gasteiger partial charge in [0.25, 0.3) is 11.8 Å². The molecule has 3 N–H and O–H groups in total. The number of anilines is 1. The highest BCUT2D eigenvalue weighted by Crippen LogP contribution is 2.37. The molecule has 2 aromatic heterocycles. The van der Waals surface area contributed by atoms with Gasteiger partial charge in [-0.1, -0.05) is 48.5 Å². The van der Waals surface area contributed by atoms with Gasteiger partial charge in [0.2, 0.25) is 6.79 Å². The van der Waals surface area contributed by atoms with Gasteiger partial charge in [-0.3, -0.25) is 9.59 Å². The summed E-state index contributed by atoms with van der Waals surface area (Å²) in [5, 5.41) is 4.06. The molecule has 0 fully saturated rings. The maximum Gasteiger partial charge on any atom is 0.257 e. The number of primary amides is 1. The van der Waals surface area contributed by atoms with Crippen LogP contribution in [0.15, 0.2) is 84.9 Å². The number of benzene rings is 3. The number of hydrogen-bond donors (Lipinski definition) is 2. The molecule has 37 heavy (non-hydrogen) atoms. The van der Waals surface area contributed by atoms with Crippen molar-refractivity contribution in [3.8, 4) is 22.8 Å². The third-order valence-electron chi connectivity index (χ3n) is 6.13. The van der Waals surface area contributed by atoms with E-state index in [1.165, 1.54) is 11.3 Å². The number of hydrogen-bond acceptors (Lipinski definition) is 6. The topological polar surface area (TPSA) is 104 Å². The Bertz CT molecular complexity index is 1660. The lowest BCUT2D eigenvalue weighted by atomic mass is 10.0. The fraction of sp³-hybridized carbons (Fsp3) is 0.0690. The van der Waals surface area contributed by atoms with Gasteiger partial charge in [-0.2, -0.15) is 0 Å². The summed E-state index contributed by atoms with van der Waals surface area (Å²) in [5.41, 5.74) is 9.57. The Morgan fingerprint density at radius 2 is 1.68 bits per heavy atom. The second-order valence-electron chi connectivity index (χ2n) is 8.58.